The first-order chi connectivity index (χ1) is 9.47. The van der Waals surface area contributed by atoms with Gasteiger partial charge in [0, 0.05) is 20.4 Å². The fourth-order valence-electron chi connectivity index (χ4n) is 1.63. The van der Waals surface area contributed by atoms with Crippen LogP contribution in [-0.4, -0.2) is 11.7 Å². The van der Waals surface area contributed by atoms with Gasteiger partial charge < -0.3 is 5.32 Å². The monoisotopic (exact) mass is 399 g/mol. The van der Waals surface area contributed by atoms with Crippen LogP contribution in [0.25, 0.3) is 0 Å². The molecule has 0 saturated heterocycles. The van der Waals surface area contributed by atoms with Crippen LogP contribution in [0.2, 0.25) is 5.02 Å². The van der Waals surface area contributed by atoms with Gasteiger partial charge in [-0.25, -0.2) is 0 Å². The van der Waals surface area contributed by atoms with E-state index in [1.165, 1.54) is 6.92 Å². The maximum atomic E-state index is 12.1. The Morgan fingerprint density at radius 1 is 1.05 bits per heavy atom. The van der Waals surface area contributed by atoms with E-state index in [-0.39, 0.29) is 11.7 Å². The molecule has 0 aliphatic rings. The zero-order chi connectivity index (χ0) is 14.7. The van der Waals surface area contributed by atoms with Crippen LogP contribution in [0.5, 0.6) is 0 Å². The van der Waals surface area contributed by atoms with E-state index in [1.54, 1.807) is 42.5 Å². The lowest BCUT2D eigenvalue weighted by molar-refractivity contribution is 0.101. The van der Waals surface area contributed by atoms with Gasteiger partial charge >= 0.3 is 0 Å². The van der Waals surface area contributed by atoms with E-state index < -0.39 is 0 Å². The van der Waals surface area contributed by atoms with E-state index in [0.29, 0.717) is 21.8 Å². The molecule has 1 amide bonds. The first-order valence-electron chi connectivity index (χ1n) is 5.85. The highest BCUT2D eigenvalue weighted by molar-refractivity contribution is 14.1. The predicted molar refractivity (Wildman–Crippen MR) is 88.6 cm³/mol. The molecule has 2 aromatic carbocycles. The van der Waals surface area contributed by atoms with Crippen molar-refractivity contribution >= 4 is 51.6 Å². The standard InChI is InChI=1S/C15H11ClINO2/c1-9(19)10-2-5-12(6-3-10)18-15(20)11-4-7-13(16)14(17)8-11/h2-8H,1H3,(H,18,20). The molecule has 5 heteroatoms. The SMILES string of the molecule is CC(=O)c1ccc(NC(=O)c2ccc(Cl)c(I)c2)cc1. The summed E-state index contributed by atoms with van der Waals surface area (Å²) in [6, 6.07) is 11.9. The van der Waals surface area contributed by atoms with Crippen molar-refractivity contribution in [2.45, 2.75) is 6.92 Å². The molecule has 0 aliphatic carbocycles. The minimum Gasteiger partial charge on any atom is -0.322 e. The Kier molecular flexibility index (Phi) is 4.77. The average molecular weight is 400 g/mol. The molecule has 0 bridgehead atoms. The quantitative estimate of drug-likeness (QED) is 0.614. The molecule has 1 N–H and O–H groups in total. The van der Waals surface area contributed by atoms with Gasteiger partial charge in [0.25, 0.3) is 5.91 Å². The van der Waals surface area contributed by atoms with Crippen molar-refractivity contribution in [2.24, 2.45) is 0 Å². The highest BCUT2D eigenvalue weighted by atomic mass is 127. The fourth-order valence-corrected chi connectivity index (χ4v) is 2.26. The maximum Gasteiger partial charge on any atom is 0.255 e. The Hall–Kier alpha value is -1.40. The maximum absolute atomic E-state index is 12.1. The Morgan fingerprint density at radius 3 is 2.20 bits per heavy atom. The molecule has 2 aromatic rings. The van der Waals surface area contributed by atoms with Crippen molar-refractivity contribution < 1.29 is 9.59 Å². The number of nitrogens with one attached hydrogen (secondary N) is 1. The molecule has 0 saturated carbocycles. The Bertz CT molecular complexity index is 668. The van der Waals surface area contributed by atoms with Crippen molar-refractivity contribution in [1.82, 2.24) is 0 Å². The number of anilines is 1. The van der Waals surface area contributed by atoms with Gasteiger partial charge in [-0.3, -0.25) is 9.59 Å². The van der Waals surface area contributed by atoms with Gasteiger partial charge in [-0.15, -0.1) is 0 Å². The highest BCUT2D eigenvalue weighted by Gasteiger charge is 2.08. The van der Waals surface area contributed by atoms with E-state index in [1.807, 2.05) is 0 Å². The van der Waals surface area contributed by atoms with E-state index in [2.05, 4.69) is 27.9 Å². The minimum atomic E-state index is -0.213. The zero-order valence-electron chi connectivity index (χ0n) is 10.6. The van der Waals surface area contributed by atoms with Crippen molar-refractivity contribution in [3.05, 3.63) is 62.2 Å². The topological polar surface area (TPSA) is 46.2 Å². The molecule has 0 fully saturated rings. The number of hydrogen-bond donors (Lipinski definition) is 1. The Morgan fingerprint density at radius 2 is 1.65 bits per heavy atom. The summed E-state index contributed by atoms with van der Waals surface area (Å²) < 4.78 is 0.823. The van der Waals surface area contributed by atoms with Gasteiger partial charge in [-0.05, 0) is 72.0 Å². The molecule has 102 valence electrons. The number of carbonyl (C=O) groups is 2. The summed E-state index contributed by atoms with van der Waals surface area (Å²) in [5.41, 5.74) is 1.79. The van der Waals surface area contributed by atoms with Crippen LogP contribution in [0.15, 0.2) is 42.5 Å². The third kappa shape index (κ3) is 3.58. The van der Waals surface area contributed by atoms with Gasteiger partial charge in [-0.2, -0.15) is 0 Å². The number of hydrogen-bond acceptors (Lipinski definition) is 2. The summed E-state index contributed by atoms with van der Waals surface area (Å²) in [6.07, 6.45) is 0. The first kappa shape index (κ1) is 15.0. The molecule has 0 heterocycles. The lowest BCUT2D eigenvalue weighted by atomic mass is 10.1. The molecule has 3 nitrogen and oxygen atoms in total. The summed E-state index contributed by atoms with van der Waals surface area (Å²) in [6.45, 7) is 1.50. The van der Waals surface area contributed by atoms with Crippen LogP contribution in [0.1, 0.15) is 27.6 Å². The fraction of sp³-hybridized carbons (Fsp3) is 0.0667. The molecule has 0 aliphatic heterocycles. The lowest BCUT2D eigenvalue weighted by Crippen LogP contribution is -2.12. The van der Waals surface area contributed by atoms with Gasteiger partial charge in [0.15, 0.2) is 5.78 Å². The number of amides is 1. The predicted octanol–water partition coefficient (Wildman–Crippen LogP) is 4.40. The zero-order valence-corrected chi connectivity index (χ0v) is 13.5. The number of rotatable bonds is 3. The molecule has 0 aromatic heterocycles. The van der Waals surface area contributed by atoms with E-state index in [4.69, 9.17) is 11.6 Å². The Labute approximate surface area is 135 Å². The molecule has 0 atom stereocenters. The smallest absolute Gasteiger partial charge is 0.255 e. The molecule has 2 rings (SSSR count). The molecular weight excluding hydrogens is 389 g/mol. The summed E-state index contributed by atoms with van der Waals surface area (Å²) in [5.74, 6) is -0.217. The van der Waals surface area contributed by atoms with Crippen molar-refractivity contribution in [3.63, 3.8) is 0 Å². The van der Waals surface area contributed by atoms with Crippen LogP contribution >= 0.6 is 34.2 Å². The number of ketones is 1. The number of benzene rings is 2. The van der Waals surface area contributed by atoms with Crippen molar-refractivity contribution in [1.29, 1.82) is 0 Å². The third-order valence-electron chi connectivity index (χ3n) is 2.73. The third-order valence-corrected chi connectivity index (χ3v) is 4.27. The van der Waals surface area contributed by atoms with E-state index in [9.17, 15) is 9.59 Å². The van der Waals surface area contributed by atoms with E-state index >= 15 is 0 Å². The second-order valence-electron chi connectivity index (χ2n) is 4.22. The molecule has 0 unspecified atom stereocenters. The normalized spacial score (nSPS) is 10.2. The number of Topliss-reactive ketones (excluding diaryl/α,β-unsaturated/α-hetero) is 1. The molecular formula is C15H11ClINO2. The second kappa shape index (κ2) is 6.37. The van der Waals surface area contributed by atoms with Crippen LogP contribution < -0.4 is 5.32 Å². The van der Waals surface area contributed by atoms with Crippen LogP contribution in [0, 0.1) is 3.57 Å². The van der Waals surface area contributed by atoms with Gasteiger partial charge in [-0.1, -0.05) is 11.6 Å². The molecule has 0 radical (unpaired) electrons. The number of carbonyl (C=O) groups excluding carboxylic acids is 2. The first-order valence-corrected chi connectivity index (χ1v) is 7.30. The van der Waals surface area contributed by atoms with Gasteiger partial charge in [0.05, 0.1) is 5.02 Å². The van der Waals surface area contributed by atoms with Crippen LogP contribution in [0.4, 0.5) is 5.69 Å². The van der Waals surface area contributed by atoms with E-state index in [0.717, 1.165) is 3.57 Å². The van der Waals surface area contributed by atoms with Crippen LogP contribution in [0.3, 0.4) is 0 Å². The second-order valence-corrected chi connectivity index (χ2v) is 5.79. The van der Waals surface area contributed by atoms with Crippen LogP contribution in [-0.2, 0) is 0 Å². The average Bonchev–Trinajstić information content (AvgIpc) is 2.42. The molecule has 20 heavy (non-hydrogen) atoms. The summed E-state index contributed by atoms with van der Waals surface area (Å²) in [4.78, 5) is 23.2. The van der Waals surface area contributed by atoms with Gasteiger partial charge in [0.2, 0.25) is 0 Å². The Balaban J connectivity index is 2.14. The molecule has 0 spiro atoms. The highest BCUT2D eigenvalue weighted by Crippen LogP contribution is 2.20. The van der Waals surface area contributed by atoms with Gasteiger partial charge in [0.1, 0.15) is 0 Å². The number of halogens is 2. The van der Waals surface area contributed by atoms with Crippen molar-refractivity contribution in [2.75, 3.05) is 5.32 Å². The van der Waals surface area contributed by atoms with Crippen molar-refractivity contribution in [3.8, 4) is 0 Å². The summed E-state index contributed by atoms with van der Waals surface area (Å²) in [5, 5.41) is 3.39. The lowest BCUT2D eigenvalue weighted by Gasteiger charge is -2.06. The summed E-state index contributed by atoms with van der Waals surface area (Å²) in [7, 11) is 0. The largest absolute Gasteiger partial charge is 0.322 e. The minimum absolute atomic E-state index is 0.00451. The summed E-state index contributed by atoms with van der Waals surface area (Å²) >= 11 is 8.00.